The Labute approximate surface area is 176 Å². The monoisotopic (exact) mass is 415 g/mol. The van der Waals surface area contributed by atoms with Crippen LogP contribution in [0.5, 0.6) is 11.5 Å². The molecular weight excluding hydrogens is 388 g/mol. The average molecular weight is 416 g/mol. The van der Waals surface area contributed by atoms with Crippen molar-refractivity contribution in [3.63, 3.8) is 0 Å². The summed E-state index contributed by atoms with van der Waals surface area (Å²) >= 11 is 6.30. The molecule has 1 amide bonds. The van der Waals surface area contributed by atoms with Gasteiger partial charge in [0.25, 0.3) is 5.91 Å². The van der Waals surface area contributed by atoms with Gasteiger partial charge in [-0.3, -0.25) is 4.79 Å². The smallest absolute Gasteiger partial charge is 0.278 e. The van der Waals surface area contributed by atoms with Crippen molar-refractivity contribution in [3.05, 3.63) is 58.6 Å². The zero-order chi connectivity index (χ0) is 20.2. The molecule has 0 radical (unpaired) electrons. The number of fused-ring (bicyclic) bond motifs is 1. The topological polar surface area (TPSA) is 55.4 Å². The van der Waals surface area contributed by atoms with Crippen LogP contribution in [0.2, 0.25) is 5.02 Å². The number of hydrogen-bond acceptors (Lipinski definition) is 3. The SMILES string of the molecule is C[C@H]([NH2+]CC(=O)N1CCC[C@H]1c1ccc2c(c1)OCCCO2)c1ccccc1Cl. The number of ether oxygens (including phenoxy) is 2. The highest BCUT2D eigenvalue weighted by Crippen LogP contribution is 2.37. The lowest BCUT2D eigenvalue weighted by atomic mass is 10.0. The molecule has 2 aliphatic rings. The number of rotatable bonds is 5. The van der Waals surface area contributed by atoms with Crippen LogP contribution in [0.15, 0.2) is 42.5 Å². The second-order valence-corrected chi connectivity index (χ2v) is 8.16. The van der Waals surface area contributed by atoms with Gasteiger partial charge in [0, 0.05) is 23.6 Å². The molecule has 2 aromatic rings. The molecule has 2 aromatic carbocycles. The van der Waals surface area contributed by atoms with E-state index in [1.807, 2.05) is 41.3 Å². The van der Waals surface area contributed by atoms with Crippen molar-refractivity contribution < 1.29 is 19.6 Å². The molecule has 29 heavy (non-hydrogen) atoms. The Bertz CT molecular complexity index is 873. The molecule has 0 bridgehead atoms. The summed E-state index contributed by atoms with van der Waals surface area (Å²) in [6, 6.07) is 14.1. The van der Waals surface area contributed by atoms with E-state index in [1.165, 1.54) is 0 Å². The van der Waals surface area contributed by atoms with Gasteiger partial charge in [-0.2, -0.15) is 0 Å². The number of hydrogen-bond donors (Lipinski definition) is 1. The normalized spacial score (nSPS) is 19.7. The number of quaternary nitrogens is 1. The highest BCUT2D eigenvalue weighted by Gasteiger charge is 2.31. The van der Waals surface area contributed by atoms with Crippen LogP contribution in [0, 0.1) is 0 Å². The van der Waals surface area contributed by atoms with E-state index in [0.29, 0.717) is 19.8 Å². The summed E-state index contributed by atoms with van der Waals surface area (Å²) < 4.78 is 11.6. The van der Waals surface area contributed by atoms with Crippen LogP contribution in [0.1, 0.15) is 49.4 Å². The number of carbonyl (C=O) groups is 1. The Morgan fingerprint density at radius 2 is 1.97 bits per heavy atom. The molecule has 1 fully saturated rings. The van der Waals surface area contributed by atoms with Gasteiger partial charge in [0.05, 0.1) is 19.3 Å². The van der Waals surface area contributed by atoms with E-state index in [2.05, 4.69) is 18.3 Å². The number of nitrogens with zero attached hydrogens (tertiary/aromatic N) is 1. The van der Waals surface area contributed by atoms with Crippen LogP contribution in [0.25, 0.3) is 0 Å². The Hall–Kier alpha value is -2.24. The summed E-state index contributed by atoms with van der Waals surface area (Å²) in [5.74, 6) is 1.75. The van der Waals surface area contributed by atoms with Crippen molar-refractivity contribution >= 4 is 17.5 Å². The first kappa shape index (κ1) is 20.0. The highest BCUT2D eigenvalue weighted by atomic mass is 35.5. The third kappa shape index (κ3) is 4.51. The van der Waals surface area contributed by atoms with Crippen LogP contribution in [-0.2, 0) is 4.79 Å². The molecule has 1 saturated heterocycles. The molecule has 2 N–H and O–H groups in total. The Kier molecular flexibility index (Phi) is 6.26. The van der Waals surface area contributed by atoms with Crippen molar-refractivity contribution in [2.24, 2.45) is 0 Å². The van der Waals surface area contributed by atoms with E-state index >= 15 is 0 Å². The summed E-state index contributed by atoms with van der Waals surface area (Å²) in [4.78, 5) is 15.0. The van der Waals surface area contributed by atoms with Crippen molar-refractivity contribution in [1.82, 2.24) is 4.90 Å². The number of benzene rings is 2. The fourth-order valence-corrected chi connectivity index (χ4v) is 4.47. The third-order valence-electron chi connectivity index (χ3n) is 5.77. The number of nitrogens with two attached hydrogens (primary N) is 1. The standard InChI is InChI=1S/C23H27ClN2O3/c1-16(18-6-2-3-7-19(18)24)25-15-23(27)26-11-4-8-20(26)17-9-10-21-22(14-17)29-13-5-12-28-21/h2-3,6-7,9-10,14,16,20,25H,4-5,8,11-13,15H2,1H3/p+1/t16-,20-/m0/s1. The number of likely N-dealkylation sites (tertiary alicyclic amines) is 1. The van der Waals surface area contributed by atoms with Gasteiger partial charge in [0.15, 0.2) is 18.0 Å². The Morgan fingerprint density at radius 1 is 1.17 bits per heavy atom. The third-order valence-corrected chi connectivity index (χ3v) is 6.12. The van der Waals surface area contributed by atoms with Crippen LogP contribution in [0.4, 0.5) is 0 Å². The molecule has 0 aliphatic carbocycles. The summed E-state index contributed by atoms with van der Waals surface area (Å²) in [6.07, 6.45) is 2.88. The van der Waals surface area contributed by atoms with Gasteiger partial charge < -0.3 is 19.7 Å². The summed E-state index contributed by atoms with van der Waals surface area (Å²) in [5.41, 5.74) is 2.18. The molecule has 2 atom stereocenters. The lowest BCUT2D eigenvalue weighted by Gasteiger charge is -2.25. The van der Waals surface area contributed by atoms with E-state index in [0.717, 1.165) is 53.5 Å². The second kappa shape index (κ2) is 9.06. The first-order chi connectivity index (χ1) is 14.1. The predicted octanol–water partition coefficient (Wildman–Crippen LogP) is 3.49. The zero-order valence-corrected chi connectivity index (χ0v) is 17.5. The van der Waals surface area contributed by atoms with E-state index in [1.54, 1.807) is 0 Å². The van der Waals surface area contributed by atoms with Crippen molar-refractivity contribution in [2.75, 3.05) is 26.3 Å². The first-order valence-corrected chi connectivity index (χ1v) is 10.8. The van der Waals surface area contributed by atoms with Gasteiger partial charge in [0.1, 0.15) is 6.04 Å². The number of carbonyl (C=O) groups excluding carboxylic acids is 1. The van der Waals surface area contributed by atoms with Crippen molar-refractivity contribution in [1.29, 1.82) is 0 Å². The van der Waals surface area contributed by atoms with Crippen LogP contribution in [-0.4, -0.2) is 37.1 Å². The quantitative estimate of drug-likeness (QED) is 0.813. The van der Waals surface area contributed by atoms with Gasteiger partial charge in [-0.1, -0.05) is 35.9 Å². The molecule has 2 aliphatic heterocycles. The first-order valence-electron chi connectivity index (χ1n) is 10.4. The summed E-state index contributed by atoms with van der Waals surface area (Å²) in [5, 5.41) is 2.81. The molecular formula is C23H28ClN2O3+. The zero-order valence-electron chi connectivity index (χ0n) is 16.8. The van der Waals surface area contributed by atoms with Crippen LogP contribution in [0.3, 0.4) is 0 Å². The average Bonchev–Trinajstić information content (AvgIpc) is 3.11. The van der Waals surface area contributed by atoms with E-state index in [9.17, 15) is 4.79 Å². The maximum atomic E-state index is 13.0. The second-order valence-electron chi connectivity index (χ2n) is 7.75. The molecule has 4 rings (SSSR count). The van der Waals surface area contributed by atoms with Gasteiger partial charge in [-0.25, -0.2) is 0 Å². The maximum absolute atomic E-state index is 13.0. The van der Waals surface area contributed by atoms with Crippen molar-refractivity contribution in [3.8, 4) is 11.5 Å². The minimum Gasteiger partial charge on any atom is -0.490 e. The fraction of sp³-hybridized carbons (Fsp3) is 0.435. The minimum atomic E-state index is 0.101. The molecule has 0 spiro atoms. The van der Waals surface area contributed by atoms with Gasteiger partial charge in [-0.15, -0.1) is 0 Å². The minimum absolute atomic E-state index is 0.101. The Morgan fingerprint density at radius 3 is 2.79 bits per heavy atom. The number of amides is 1. The fourth-order valence-electron chi connectivity index (χ4n) is 4.17. The molecule has 154 valence electrons. The molecule has 6 heteroatoms. The van der Waals surface area contributed by atoms with Gasteiger partial charge >= 0.3 is 0 Å². The lowest BCUT2D eigenvalue weighted by molar-refractivity contribution is -0.683. The molecule has 2 heterocycles. The largest absolute Gasteiger partial charge is 0.490 e. The van der Waals surface area contributed by atoms with E-state index in [-0.39, 0.29) is 18.0 Å². The van der Waals surface area contributed by atoms with Gasteiger partial charge in [0.2, 0.25) is 0 Å². The molecule has 0 aromatic heterocycles. The molecule has 0 unspecified atom stereocenters. The van der Waals surface area contributed by atoms with Crippen LogP contribution >= 0.6 is 11.6 Å². The lowest BCUT2D eigenvalue weighted by Crippen LogP contribution is -2.87. The van der Waals surface area contributed by atoms with E-state index in [4.69, 9.17) is 21.1 Å². The maximum Gasteiger partial charge on any atom is 0.278 e. The molecule has 0 saturated carbocycles. The Balaban J connectivity index is 1.42. The van der Waals surface area contributed by atoms with Crippen molar-refractivity contribution in [2.45, 2.75) is 38.3 Å². The summed E-state index contributed by atoms with van der Waals surface area (Å²) in [6.45, 7) is 4.64. The molecule has 5 nitrogen and oxygen atoms in total. The summed E-state index contributed by atoms with van der Waals surface area (Å²) in [7, 11) is 0. The van der Waals surface area contributed by atoms with Gasteiger partial charge in [-0.05, 0) is 43.5 Å². The van der Waals surface area contributed by atoms with E-state index < -0.39 is 0 Å². The predicted molar refractivity (Wildman–Crippen MR) is 112 cm³/mol. The number of halogens is 1. The van der Waals surface area contributed by atoms with Crippen LogP contribution < -0.4 is 14.8 Å². The highest BCUT2D eigenvalue weighted by molar-refractivity contribution is 6.31.